The smallest absolute Gasteiger partial charge is 0.271 e. The summed E-state index contributed by atoms with van der Waals surface area (Å²) in [5.41, 5.74) is 5.12. The normalized spacial score (nSPS) is 11.5. The molecule has 0 fully saturated rings. The van der Waals surface area contributed by atoms with Gasteiger partial charge in [-0.15, -0.1) is 0 Å². The standard InChI is InChI=1S/C23H25ClN6O2/c1-13(2)30-21-16(9-18(24)22(30)31)11-25-23(27-21)26-19-7-6-15(8-14(19)3)20-10-17(12-32-5)28-29(20)4/h6-11,13H,12H2,1-5H3,(H,25,26,27). The molecule has 0 unspecified atom stereocenters. The van der Waals surface area contributed by atoms with E-state index in [1.165, 1.54) is 0 Å². The van der Waals surface area contributed by atoms with Crippen molar-refractivity contribution in [2.75, 3.05) is 12.4 Å². The number of benzene rings is 1. The van der Waals surface area contributed by atoms with Crippen molar-refractivity contribution in [1.82, 2.24) is 24.3 Å². The lowest BCUT2D eigenvalue weighted by atomic mass is 10.1. The Hall–Kier alpha value is -3.23. The largest absolute Gasteiger partial charge is 0.378 e. The Balaban J connectivity index is 1.68. The molecule has 3 heterocycles. The van der Waals surface area contributed by atoms with Gasteiger partial charge in [-0.05, 0) is 50.6 Å². The first-order valence-electron chi connectivity index (χ1n) is 10.3. The predicted molar refractivity (Wildman–Crippen MR) is 127 cm³/mol. The van der Waals surface area contributed by atoms with Crippen molar-refractivity contribution in [1.29, 1.82) is 0 Å². The number of methoxy groups -OCH3 is 1. The second kappa shape index (κ2) is 8.72. The summed E-state index contributed by atoms with van der Waals surface area (Å²) in [6.07, 6.45) is 1.67. The van der Waals surface area contributed by atoms with Gasteiger partial charge >= 0.3 is 0 Å². The third-order valence-corrected chi connectivity index (χ3v) is 5.51. The Labute approximate surface area is 190 Å². The van der Waals surface area contributed by atoms with E-state index in [1.807, 2.05) is 50.7 Å². The number of halogens is 1. The van der Waals surface area contributed by atoms with Crippen molar-refractivity contribution in [3.05, 3.63) is 63.2 Å². The number of anilines is 2. The van der Waals surface area contributed by atoms with Crippen LogP contribution in [0.5, 0.6) is 0 Å². The molecular formula is C23H25ClN6O2. The van der Waals surface area contributed by atoms with Crippen LogP contribution in [0.4, 0.5) is 11.6 Å². The number of aromatic nitrogens is 5. The zero-order valence-electron chi connectivity index (χ0n) is 18.7. The van der Waals surface area contributed by atoms with Gasteiger partial charge in [0.2, 0.25) is 5.95 Å². The molecule has 1 aromatic carbocycles. The number of ether oxygens (including phenoxy) is 1. The molecule has 32 heavy (non-hydrogen) atoms. The zero-order valence-corrected chi connectivity index (χ0v) is 19.4. The fourth-order valence-corrected chi connectivity index (χ4v) is 3.93. The van der Waals surface area contributed by atoms with Crippen molar-refractivity contribution >= 4 is 34.3 Å². The van der Waals surface area contributed by atoms with Gasteiger partial charge < -0.3 is 10.1 Å². The highest BCUT2D eigenvalue weighted by Gasteiger charge is 2.14. The summed E-state index contributed by atoms with van der Waals surface area (Å²) in [5.74, 6) is 0.410. The Bertz CT molecular complexity index is 1360. The predicted octanol–water partition coefficient (Wildman–Crippen LogP) is 4.62. The molecule has 166 valence electrons. The third-order valence-electron chi connectivity index (χ3n) is 5.24. The Morgan fingerprint density at radius 2 is 2.00 bits per heavy atom. The van der Waals surface area contributed by atoms with E-state index in [0.717, 1.165) is 28.2 Å². The molecule has 4 aromatic rings. The Morgan fingerprint density at radius 1 is 1.22 bits per heavy atom. The van der Waals surface area contributed by atoms with Crippen LogP contribution in [0.3, 0.4) is 0 Å². The lowest BCUT2D eigenvalue weighted by molar-refractivity contribution is 0.181. The number of rotatable bonds is 6. The molecule has 0 atom stereocenters. The van der Waals surface area contributed by atoms with Gasteiger partial charge in [0.15, 0.2) is 0 Å². The van der Waals surface area contributed by atoms with Crippen LogP contribution < -0.4 is 10.9 Å². The molecule has 8 nitrogen and oxygen atoms in total. The molecule has 0 aliphatic heterocycles. The Kier molecular flexibility index (Phi) is 5.99. The number of fused-ring (bicyclic) bond motifs is 1. The van der Waals surface area contributed by atoms with Crippen LogP contribution in [0.1, 0.15) is 31.1 Å². The topological polar surface area (TPSA) is 86.9 Å². The molecule has 4 rings (SSSR count). The highest BCUT2D eigenvalue weighted by molar-refractivity contribution is 6.31. The van der Waals surface area contributed by atoms with Crippen LogP contribution in [0.15, 0.2) is 41.3 Å². The summed E-state index contributed by atoms with van der Waals surface area (Å²) >= 11 is 6.11. The molecule has 0 bridgehead atoms. The average molecular weight is 453 g/mol. The van der Waals surface area contributed by atoms with Gasteiger partial charge in [0.1, 0.15) is 10.7 Å². The summed E-state index contributed by atoms with van der Waals surface area (Å²) < 4.78 is 8.61. The lowest BCUT2D eigenvalue weighted by Gasteiger charge is -2.15. The fourth-order valence-electron chi connectivity index (χ4n) is 3.72. The second-order valence-corrected chi connectivity index (χ2v) is 8.37. The van der Waals surface area contributed by atoms with E-state index in [0.29, 0.717) is 23.6 Å². The van der Waals surface area contributed by atoms with Crippen LogP contribution in [0, 0.1) is 6.92 Å². The van der Waals surface area contributed by atoms with Crippen molar-refractivity contribution < 1.29 is 4.74 Å². The number of hydrogen-bond acceptors (Lipinski definition) is 6. The van der Waals surface area contributed by atoms with Gasteiger partial charge in [-0.2, -0.15) is 10.1 Å². The fraction of sp³-hybridized carbons (Fsp3) is 0.304. The molecular weight excluding hydrogens is 428 g/mol. The highest BCUT2D eigenvalue weighted by Crippen LogP contribution is 2.27. The number of pyridine rings is 1. The van der Waals surface area contributed by atoms with Gasteiger partial charge in [0.25, 0.3) is 5.56 Å². The zero-order chi connectivity index (χ0) is 23.0. The van der Waals surface area contributed by atoms with Crippen molar-refractivity contribution in [3.8, 4) is 11.3 Å². The minimum Gasteiger partial charge on any atom is -0.378 e. The molecule has 0 aliphatic carbocycles. The summed E-state index contributed by atoms with van der Waals surface area (Å²) in [5, 5.41) is 8.62. The van der Waals surface area contributed by atoms with Gasteiger partial charge in [-0.1, -0.05) is 17.7 Å². The SMILES string of the molecule is COCc1cc(-c2ccc(Nc3ncc4cc(Cl)c(=O)n(C(C)C)c4n3)c(C)c2)n(C)n1. The van der Waals surface area contributed by atoms with E-state index in [9.17, 15) is 4.79 Å². The third kappa shape index (κ3) is 4.11. The molecule has 0 aliphatic rings. The molecule has 0 amide bonds. The van der Waals surface area contributed by atoms with Crippen LogP contribution >= 0.6 is 11.6 Å². The number of hydrogen-bond donors (Lipinski definition) is 1. The summed E-state index contributed by atoms with van der Waals surface area (Å²) in [4.78, 5) is 21.5. The van der Waals surface area contributed by atoms with E-state index < -0.39 is 0 Å². The monoisotopic (exact) mass is 452 g/mol. The van der Waals surface area contributed by atoms with Crippen molar-refractivity contribution in [3.63, 3.8) is 0 Å². The molecule has 9 heteroatoms. The molecule has 0 radical (unpaired) electrons. The molecule has 0 spiro atoms. The summed E-state index contributed by atoms with van der Waals surface area (Å²) in [7, 11) is 3.57. The van der Waals surface area contributed by atoms with Crippen LogP contribution in [0.25, 0.3) is 22.3 Å². The van der Waals surface area contributed by atoms with E-state index in [4.69, 9.17) is 16.3 Å². The molecule has 0 saturated carbocycles. The van der Waals surface area contributed by atoms with Gasteiger partial charge in [-0.3, -0.25) is 14.0 Å². The average Bonchev–Trinajstić information content (AvgIpc) is 3.11. The first-order chi connectivity index (χ1) is 15.3. The second-order valence-electron chi connectivity index (χ2n) is 7.97. The highest BCUT2D eigenvalue weighted by atomic mass is 35.5. The van der Waals surface area contributed by atoms with E-state index in [1.54, 1.807) is 23.9 Å². The van der Waals surface area contributed by atoms with Gasteiger partial charge in [0, 0.05) is 43.0 Å². The van der Waals surface area contributed by atoms with Gasteiger partial charge in [-0.25, -0.2) is 4.98 Å². The summed E-state index contributed by atoms with van der Waals surface area (Å²) in [6, 6.07) is 9.63. The van der Waals surface area contributed by atoms with Crippen molar-refractivity contribution in [2.24, 2.45) is 7.05 Å². The van der Waals surface area contributed by atoms with Gasteiger partial charge in [0.05, 0.1) is 18.0 Å². The Morgan fingerprint density at radius 3 is 2.69 bits per heavy atom. The summed E-state index contributed by atoms with van der Waals surface area (Å²) in [6.45, 7) is 6.33. The van der Waals surface area contributed by atoms with E-state index >= 15 is 0 Å². The maximum atomic E-state index is 12.5. The maximum Gasteiger partial charge on any atom is 0.271 e. The lowest BCUT2D eigenvalue weighted by Crippen LogP contribution is -2.23. The first kappa shape index (κ1) is 22.0. The molecule has 1 N–H and O–H groups in total. The van der Waals surface area contributed by atoms with E-state index in [2.05, 4.69) is 26.4 Å². The maximum absolute atomic E-state index is 12.5. The van der Waals surface area contributed by atoms with Crippen LogP contribution in [0.2, 0.25) is 5.02 Å². The van der Waals surface area contributed by atoms with E-state index in [-0.39, 0.29) is 16.6 Å². The molecule has 3 aromatic heterocycles. The first-order valence-corrected chi connectivity index (χ1v) is 10.6. The number of aryl methyl sites for hydroxylation is 2. The minimum absolute atomic E-state index is 0.0886. The van der Waals surface area contributed by atoms with Crippen molar-refractivity contribution in [2.45, 2.75) is 33.4 Å². The van der Waals surface area contributed by atoms with Crippen LogP contribution in [-0.4, -0.2) is 31.4 Å². The quantitative estimate of drug-likeness (QED) is 0.459. The number of nitrogens with one attached hydrogen (secondary N) is 1. The van der Waals surface area contributed by atoms with Crippen LogP contribution in [-0.2, 0) is 18.4 Å². The molecule has 0 saturated heterocycles. The number of nitrogens with zero attached hydrogens (tertiary/aromatic N) is 5. The minimum atomic E-state index is -0.261.